The lowest BCUT2D eigenvalue weighted by Gasteiger charge is -2.17. The summed E-state index contributed by atoms with van der Waals surface area (Å²) in [6, 6.07) is 7.77. The number of hydrogen-bond acceptors (Lipinski definition) is 5. The number of anilines is 1. The Morgan fingerprint density at radius 3 is 2.71 bits per heavy atom. The van der Waals surface area contributed by atoms with Gasteiger partial charge in [0.15, 0.2) is 9.84 Å². The number of sulfone groups is 1. The quantitative estimate of drug-likeness (QED) is 0.927. The Balaban J connectivity index is 1.96. The minimum atomic E-state index is -3.61. The molecule has 112 valence electrons. The molecule has 0 saturated heterocycles. The molecule has 2 heterocycles. The van der Waals surface area contributed by atoms with Crippen LogP contribution in [0.25, 0.3) is 0 Å². The number of nitrogens with one attached hydrogen (secondary N) is 1. The van der Waals surface area contributed by atoms with E-state index < -0.39 is 19.9 Å². The Morgan fingerprint density at radius 1 is 1.19 bits per heavy atom. The number of benzene rings is 1. The van der Waals surface area contributed by atoms with E-state index in [1.807, 2.05) is 0 Å². The Bertz CT molecular complexity index is 868. The van der Waals surface area contributed by atoms with Gasteiger partial charge >= 0.3 is 0 Å². The second kappa shape index (κ2) is 5.11. The van der Waals surface area contributed by atoms with Crippen LogP contribution in [0, 0.1) is 0 Å². The van der Waals surface area contributed by atoms with Gasteiger partial charge in [-0.05, 0) is 48.1 Å². The zero-order valence-corrected chi connectivity index (χ0v) is 13.4. The summed E-state index contributed by atoms with van der Waals surface area (Å²) in [5, 5.41) is 1.69. The molecule has 2 aromatic rings. The van der Waals surface area contributed by atoms with Crippen molar-refractivity contribution in [2.45, 2.75) is 21.9 Å². The maximum atomic E-state index is 12.1. The van der Waals surface area contributed by atoms with Crippen LogP contribution in [0.3, 0.4) is 0 Å². The number of hydrogen-bond donors (Lipinski definition) is 1. The average molecular weight is 343 g/mol. The van der Waals surface area contributed by atoms with Gasteiger partial charge in [0.1, 0.15) is 4.21 Å². The predicted molar refractivity (Wildman–Crippen MR) is 81.9 cm³/mol. The first-order chi connectivity index (χ1) is 9.88. The third-order valence-electron chi connectivity index (χ3n) is 3.27. The molecule has 0 fully saturated rings. The first-order valence-electron chi connectivity index (χ1n) is 6.30. The highest BCUT2D eigenvalue weighted by atomic mass is 32.2. The second-order valence-electron chi connectivity index (χ2n) is 4.78. The predicted octanol–water partition coefficient (Wildman–Crippen LogP) is 2.27. The van der Waals surface area contributed by atoms with E-state index in [0.717, 1.165) is 11.3 Å². The Kier molecular flexibility index (Phi) is 3.54. The molecule has 0 aliphatic carbocycles. The van der Waals surface area contributed by atoms with E-state index in [1.165, 1.54) is 18.2 Å². The highest BCUT2D eigenvalue weighted by Gasteiger charge is 2.24. The fourth-order valence-electron chi connectivity index (χ4n) is 2.33. The molecule has 0 unspecified atom stereocenters. The van der Waals surface area contributed by atoms with Gasteiger partial charge in [0.05, 0.1) is 10.6 Å². The van der Waals surface area contributed by atoms with Gasteiger partial charge in [0.2, 0.25) is 0 Å². The maximum Gasteiger partial charge on any atom is 0.271 e. The lowest BCUT2D eigenvalue weighted by molar-refractivity contribution is 0.586. The molecule has 1 aromatic heterocycles. The Hall–Kier alpha value is -1.38. The smallest absolute Gasteiger partial charge is 0.271 e. The van der Waals surface area contributed by atoms with E-state index in [1.54, 1.807) is 17.5 Å². The molecular formula is C13H13NO4S3. The Morgan fingerprint density at radius 2 is 2.00 bits per heavy atom. The van der Waals surface area contributed by atoms with E-state index in [2.05, 4.69) is 4.72 Å². The minimum Gasteiger partial charge on any atom is -0.279 e. The molecule has 8 heteroatoms. The van der Waals surface area contributed by atoms with Gasteiger partial charge in [0.25, 0.3) is 10.0 Å². The topological polar surface area (TPSA) is 80.3 Å². The average Bonchev–Trinajstić information content (AvgIpc) is 2.92. The third-order valence-corrected chi connectivity index (χ3v) is 7.94. The lowest BCUT2D eigenvalue weighted by atomic mass is 10.1. The zero-order chi connectivity index (χ0) is 15.1. The van der Waals surface area contributed by atoms with Crippen molar-refractivity contribution in [1.29, 1.82) is 0 Å². The van der Waals surface area contributed by atoms with Crippen LogP contribution in [-0.2, 0) is 26.3 Å². The van der Waals surface area contributed by atoms with Crippen molar-refractivity contribution < 1.29 is 16.8 Å². The van der Waals surface area contributed by atoms with Gasteiger partial charge in [-0.1, -0.05) is 6.07 Å². The summed E-state index contributed by atoms with van der Waals surface area (Å²) < 4.78 is 50.8. The molecule has 1 N–H and O–H groups in total. The van der Waals surface area contributed by atoms with Gasteiger partial charge in [0, 0.05) is 5.69 Å². The Labute approximate surface area is 127 Å². The van der Waals surface area contributed by atoms with E-state index in [0.29, 0.717) is 29.0 Å². The molecule has 1 aliphatic heterocycles. The minimum absolute atomic E-state index is 0.153. The first-order valence-corrected chi connectivity index (χ1v) is 10.3. The van der Waals surface area contributed by atoms with E-state index in [-0.39, 0.29) is 9.96 Å². The van der Waals surface area contributed by atoms with Gasteiger partial charge in [-0.3, -0.25) is 4.72 Å². The molecule has 0 amide bonds. The molecule has 0 radical (unpaired) electrons. The lowest BCUT2D eigenvalue weighted by Crippen LogP contribution is -2.17. The fraction of sp³-hybridized carbons (Fsp3) is 0.231. The fourth-order valence-corrected chi connectivity index (χ4v) is 5.95. The van der Waals surface area contributed by atoms with Crippen molar-refractivity contribution in [3.05, 3.63) is 41.3 Å². The number of rotatable bonds is 3. The second-order valence-corrected chi connectivity index (χ2v) is 9.72. The van der Waals surface area contributed by atoms with Crippen LogP contribution >= 0.6 is 11.3 Å². The van der Waals surface area contributed by atoms with Gasteiger partial charge in [-0.2, -0.15) is 0 Å². The van der Waals surface area contributed by atoms with Crippen molar-refractivity contribution in [2.75, 3.05) is 10.5 Å². The van der Waals surface area contributed by atoms with Crippen molar-refractivity contribution in [2.24, 2.45) is 0 Å². The van der Waals surface area contributed by atoms with Gasteiger partial charge in [-0.15, -0.1) is 11.3 Å². The number of fused-ring (bicyclic) bond motifs is 1. The van der Waals surface area contributed by atoms with Crippen LogP contribution in [0.1, 0.15) is 12.0 Å². The van der Waals surface area contributed by atoms with E-state index in [9.17, 15) is 16.8 Å². The van der Waals surface area contributed by atoms with Crippen LogP contribution in [0.15, 0.2) is 44.8 Å². The zero-order valence-electron chi connectivity index (χ0n) is 10.9. The van der Waals surface area contributed by atoms with Gasteiger partial charge in [-0.25, -0.2) is 16.8 Å². The third kappa shape index (κ3) is 2.83. The van der Waals surface area contributed by atoms with Crippen LogP contribution in [0.5, 0.6) is 0 Å². The summed E-state index contributed by atoms with van der Waals surface area (Å²) >= 11 is 1.13. The molecule has 0 spiro atoms. The summed E-state index contributed by atoms with van der Waals surface area (Å²) in [6.45, 7) is 0. The molecule has 3 rings (SSSR count). The molecule has 0 saturated carbocycles. The summed E-state index contributed by atoms with van der Waals surface area (Å²) in [7, 11) is -6.83. The summed E-state index contributed by atoms with van der Waals surface area (Å²) in [6.07, 6.45) is 1.21. The van der Waals surface area contributed by atoms with Crippen molar-refractivity contribution in [1.82, 2.24) is 0 Å². The van der Waals surface area contributed by atoms with Crippen molar-refractivity contribution >= 4 is 36.9 Å². The van der Waals surface area contributed by atoms with Crippen molar-refractivity contribution in [3.8, 4) is 0 Å². The van der Waals surface area contributed by atoms with Crippen LogP contribution in [0.2, 0.25) is 0 Å². The molecule has 21 heavy (non-hydrogen) atoms. The van der Waals surface area contributed by atoms with Crippen LogP contribution in [0.4, 0.5) is 5.69 Å². The largest absolute Gasteiger partial charge is 0.279 e. The molecular weight excluding hydrogens is 330 g/mol. The molecule has 5 nitrogen and oxygen atoms in total. The molecule has 1 aromatic carbocycles. The standard InChI is InChI=1S/C13H13NO4S3/c15-20(16)8-2-3-10-9-11(5-6-12(10)20)14-21(17,18)13-4-1-7-19-13/h1,4-7,9,14H,2-3,8H2. The number of sulfonamides is 1. The molecule has 0 bridgehead atoms. The number of thiophene rings is 1. The monoisotopic (exact) mass is 343 g/mol. The number of aryl methyl sites for hydroxylation is 1. The summed E-state index contributed by atoms with van der Waals surface area (Å²) in [5.41, 5.74) is 1.06. The summed E-state index contributed by atoms with van der Waals surface area (Å²) in [5.74, 6) is 0.153. The highest BCUT2D eigenvalue weighted by molar-refractivity contribution is 7.94. The SMILES string of the molecule is O=S1(=O)CCCc2cc(NS(=O)(=O)c3cccs3)ccc21. The van der Waals surface area contributed by atoms with Gasteiger partial charge < -0.3 is 0 Å². The van der Waals surface area contributed by atoms with Crippen molar-refractivity contribution in [3.63, 3.8) is 0 Å². The normalized spacial score (nSPS) is 17.1. The maximum absolute atomic E-state index is 12.1. The summed E-state index contributed by atoms with van der Waals surface area (Å²) in [4.78, 5) is 0.313. The van der Waals surface area contributed by atoms with Crippen LogP contribution < -0.4 is 4.72 Å². The molecule has 1 aliphatic rings. The highest BCUT2D eigenvalue weighted by Crippen LogP contribution is 2.29. The van der Waals surface area contributed by atoms with E-state index in [4.69, 9.17) is 0 Å². The molecule has 0 atom stereocenters. The first kappa shape index (κ1) is 14.6. The van der Waals surface area contributed by atoms with E-state index >= 15 is 0 Å². The van der Waals surface area contributed by atoms with Crippen LogP contribution in [-0.4, -0.2) is 22.6 Å².